The number of pyridine rings is 1. The van der Waals surface area contributed by atoms with Gasteiger partial charge in [0.2, 0.25) is 5.91 Å². The molecule has 138 valence electrons. The van der Waals surface area contributed by atoms with Crippen LogP contribution in [0.2, 0.25) is 0 Å². The Balaban J connectivity index is 1.66. The number of hydrogen-bond acceptors (Lipinski definition) is 5. The molecule has 0 saturated carbocycles. The van der Waals surface area contributed by atoms with Crippen molar-refractivity contribution >= 4 is 34.1 Å². The number of nitrogens with zero attached hydrogens (tertiary/aromatic N) is 3. The van der Waals surface area contributed by atoms with E-state index in [1.165, 1.54) is 12.4 Å². The first-order valence-corrected chi connectivity index (χ1v) is 8.69. The highest BCUT2D eigenvalue weighted by Crippen LogP contribution is 2.28. The van der Waals surface area contributed by atoms with E-state index in [0.717, 1.165) is 33.7 Å². The molecule has 3 N–H and O–H groups in total. The van der Waals surface area contributed by atoms with E-state index in [0.29, 0.717) is 11.5 Å². The summed E-state index contributed by atoms with van der Waals surface area (Å²) in [6.45, 7) is 5.41. The molecule has 3 aromatic heterocycles. The van der Waals surface area contributed by atoms with E-state index < -0.39 is 0 Å². The third kappa shape index (κ3) is 3.59. The van der Waals surface area contributed by atoms with Crippen LogP contribution in [-0.2, 0) is 4.79 Å². The normalized spacial score (nSPS) is 10.6. The van der Waals surface area contributed by atoms with Crippen molar-refractivity contribution < 1.29 is 4.79 Å². The molecule has 0 radical (unpaired) electrons. The molecule has 1 aromatic carbocycles. The third-order valence-corrected chi connectivity index (χ3v) is 4.23. The molecule has 7 heteroatoms. The minimum Gasteiger partial charge on any atom is -0.340 e. The van der Waals surface area contributed by atoms with E-state index in [1.54, 1.807) is 6.07 Å². The molecule has 1 amide bonds. The van der Waals surface area contributed by atoms with Crippen molar-refractivity contribution in [3.05, 3.63) is 73.3 Å². The summed E-state index contributed by atoms with van der Waals surface area (Å²) in [7, 11) is 0. The van der Waals surface area contributed by atoms with Crippen molar-refractivity contribution in [3.8, 4) is 11.3 Å². The summed E-state index contributed by atoms with van der Waals surface area (Å²) in [4.78, 5) is 27.8. The molecule has 0 unspecified atom stereocenters. The molecule has 0 aliphatic heterocycles. The molecule has 0 aliphatic rings. The standard InChI is InChI=1S/C21H18N6O/c1-3-19(28)25-15-5-4-6-16(9-15)26-20-17-10-18(27-21(17)24-12-23-20)14-8-7-13(2)22-11-14/h3-12H,1H2,2H3,(H,25,28)(H2,23,24,26,27). The van der Waals surface area contributed by atoms with Gasteiger partial charge in [-0.05, 0) is 49.4 Å². The maximum absolute atomic E-state index is 11.5. The number of benzene rings is 1. The Hall–Kier alpha value is -4.00. The molecule has 4 aromatic rings. The second-order valence-electron chi connectivity index (χ2n) is 6.26. The van der Waals surface area contributed by atoms with Gasteiger partial charge in [-0.3, -0.25) is 9.78 Å². The van der Waals surface area contributed by atoms with Crippen molar-refractivity contribution in [3.63, 3.8) is 0 Å². The number of aromatic amines is 1. The number of amides is 1. The first-order valence-electron chi connectivity index (χ1n) is 8.69. The first-order chi connectivity index (χ1) is 13.6. The van der Waals surface area contributed by atoms with Crippen LogP contribution < -0.4 is 10.6 Å². The number of nitrogens with one attached hydrogen (secondary N) is 3. The van der Waals surface area contributed by atoms with E-state index in [4.69, 9.17) is 0 Å². The lowest BCUT2D eigenvalue weighted by molar-refractivity contribution is -0.111. The Kier molecular flexibility index (Phi) is 4.55. The number of carbonyl (C=O) groups is 1. The summed E-state index contributed by atoms with van der Waals surface area (Å²) in [5.41, 5.74) is 5.04. The number of rotatable bonds is 5. The highest BCUT2D eigenvalue weighted by Gasteiger charge is 2.10. The van der Waals surface area contributed by atoms with Crippen molar-refractivity contribution in [2.45, 2.75) is 6.92 Å². The number of carbonyl (C=O) groups excluding carboxylic acids is 1. The topological polar surface area (TPSA) is 95.6 Å². The second kappa shape index (κ2) is 7.32. The Labute approximate surface area is 161 Å². The molecule has 0 saturated heterocycles. The van der Waals surface area contributed by atoms with Gasteiger partial charge in [-0.2, -0.15) is 0 Å². The van der Waals surface area contributed by atoms with Crippen LogP contribution in [0.4, 0.5) is 17.2 Å². The van der Waals surface area contributed by atoms with Crippen LogP contribution >= 0.6 is 0 Å². The molecular formula is C21H18N6O. The molecule has 0 spiro atoms. The number of H-pyrrole nitrogens is 1. The van der Waals surface area contributed by atoms with Crippen LogP contribution in [0.5, 0.6) is 0 Å². The molecule has 0 fully saturated rings. The van der Waals surface area contributed by atoms with Crippen LogP contribution in [0, 0.1) is 6.92 Å². The number of hydrogen-bond donors (Lipinski definition) is 3. The van der Waals surface area contributed by atoms with Gasteiger partial charge in [0.1, 0.15) is 17.8 Å². The Morgan fingerprint density at radius 2 is 1.96 bits per heavy atom. The lowest BCUT2D eigenvalue weighted by atomic mass is 10.2. The molecule has 0 bridgehead atoms. The summed E-state index contributed by atoms with van der Waals surface area (Å²) in [5, 5.41) is 6.89. The van der Waals surface area contributed by atoms with Crippen LogP contribution in [0.15, 0.2) is 67.6 Å². The highest BCUT2D eigenvalue weighted by atomic mass is 16.1. The number of aryl methyl sites for hydroxylation is 1. The van der Waals surface area contributed by atoms with Crippen LogP contribution in [0.25, 0.3) is 22.3 Å². The smallest absolute Gasteiger partial charge is 0.247 e. The van der Waals surface area contributed by atoms with E-state index >= 15 is 0 Å². The van der Waals surface area contributed by atoms with Crippen molar-refractivity contribution in [1.29, 1.82) is 0 Å². The molecule has 0 aliphatic carbocycles. The summed E-state index contributed by atoms with van der Waals surface area (Å²) < 4.78 is 0. The van der Waals surface area contributed by atoms with Gasteiger partial charge in [0.25, 0.3) is 0 Å². The van der Waals surface area contributed by atoms with Crippen molar-refractivity contribution in [2.24, 2.45) is 0 Å². The first kappa shape index (κ1) is 17.4. The van der Waals surface area contributed by atoms with E-state index in [9.17, 15) is 4.79 Å². The SMILES string of the molecule is C=CC(=O)Nc1cccc(Nc2ncnc3[nH]c(-c4ccc(C)nc4)cc23)c1. The molecule has 7 nitrogen and oxygen atoms in total. The van der Waals surface area contributed by atoms with Gasteiger partial charge in [-0.1, -0.05) is 12.6 Å². The Morgan fingerprint density at radius 1 is 1.11 bits per heavy atom. The third-order valence-electron chi connectivity index (χ3n) is 4.23. The minimum absolute atomic E-state index is 0.261. The monoisotopic (exact) mass is 370 g/mol. The van der Waals surface area contributed by atoms with Crippen LogP contribution in [-0.4, -0.2) is 25.8 Å². The summed E-state index contributed by atoms with van der Waals surface area (Å²) in [5.74, 6) is 0.406. The number of fused-ring (bicyclic) bond motifs is 1. The zero-order valence-corrected chi connectivity index (χ0v) is 15.2. The average molecular weight is 370 g/mol. The fourth-order valence-corrected chi connectivity index (χ4v) is 2.83. The minimum atomic E-state index is -0.261. The fraction of sp³-hybridized carbons (Fsp3) is 0.0476. The van der Waals surface area contributed by atoms with Gasteiger partial charge in [-0.25, -0.2) is 9.97 Å². The van der Waals surface area contributed by atoms with Gasteiger partial charge in [0.05, 0.1) is 5.39 Å². The van der Waals surface area contributed by atoms with E-state index in [-0.39, 0.29) is 5.91 Å². The van der Waals surface area contributed by atoms with Gasteiger partial charge in [0.15, 0.2) is 0 Å². The van der Waals surface area contributed by atoms with Gasteiger partial charge in [0, 0.05) is 34.5 Å². The summed E-state index contributed by atoms with van der Waals surface area (Å²) >= 11 is 0. The molecule has 3 heterocycles. The number of anilines is 3. The van der Waals surface area contributed by atoms with Crippen LogP contribution in [0.1, 0.15) is 5.69 Å². The second-order valence-corrected chi connectivity index (χ2v) is 6.26. The largest absolute Gasteiger partial charge is 0.340 e. The molecule has 28 heavy (non-hydrogen) atoms. The van der Waals surface area contributed by atoms with E-state index in [1.807, 2.05) is 49.5 Å². The maximum Gasteiger partial charge on any atom is 0.247 e. The van der Waals surface area contributed by atoms with Crippen LogP contribution in [0.3, 0.4) is 0 Å². The summed E-state index contributed by atoms with van der Waals surface area (Å²) in [6, 6.07) is 13.4. The average Bonchev–Trinajstić information content (AvgIpc) is 3.14. The molecular weight excluding hydrogens is 352 g/mol. The highest BCUT2D eigenvalue weighted by molar-refractivity contribution is 5.99. The van der Waals surface area contributed by atoms with Crippen molar-refractivity contribution in [1.82, 2.24) is 19.9 Å². The predicted octanol–water partition coefficient (Wildman–Crippen LogP) is 4.20. The van der Waals surface area contributed by atoms with Crippen molar-refractivity contribution in [2.75, 3.05) is 10.6 Å². The molecule has 4 rings (SSSR count). The Morgan fingerprint density at radius 3 is 2.75 bits per heavy atom. The Bertz CT molecular complexity index is 1160. The van der Waals surface area contributed by atoms with Gasteiger partial charge in [-0.15, -0.1) is 0 Å². The fourth-order valence-electron chi connectivity index (χ4n) is 2.83. The maximum atomic E-state index is 11.5. The van der Waals surface area contributed by atoms with Gasteiger partial charge < -0.3 is 15.6 Å². The van der Waals surface area contributed by atoms with Gasteiger partial charge >= 0.3 is 0 Å². The lowest BCUT2D eigenvalue weighted by Crippen LogP contribution is -2.07. The molecule has 0 atom stereocenters. The number of aromatic nitrogens is 4. The quantitative estimate of drug-likeness (QED) is 0.458. The summed E-state index contributed by atoms with van der Waals surface area (Å²) in [6.07, 6.45) is 4.56. The zero-order valence-electron chi connectivity index (χ0n) is 15.2. The predicted molar refractivity (Wildman–Crippen MR) is 110 cm³/mol. The van der Waals surface area contributed by atoms with E-state index in [2.05, 4.69) is 37.1 Å². The lowest BCUT2D eigenvalue weighted by Gasteiger charge is -2.08. The zero-order chi connectivity index (χ0) is 19.5.